The lowest BCUT2D eigenvalue weighted by atomic mass is 10.1. The molecular formula is C12H26N4O. The SMILES string of the molecule is CC(CC(N)=NO)NCC(C)N1CCCCC1. The van der Waals surface area contributed by atoms with E-state index in [9.17, 15) is 0 Å². The molecular weight excluding hydrogens is 216 g/mol. The number of hydrogen-bond donors (Lipinski definition) is 3. The number of amidine groups is 1. The molecule has 2 unspecified atom stereocenters. The molecule has 1 fully saturated rings. The minimum absolute atomic E-state index is 0.248. The molecule has 1 saturated heterocycles. The maximum Gasteiger partial charge on any atom is 0.140 e. The van der Waals surface area contributed by atoms with Crippen molar-refractivity contribution in [3.8, 4) is 0 Å². The molecule has 0 bridgehead atoms. The second-order valence-electron chi connectivity index (χ2n) is 5.05. The average Bonchev–Trinajstić information content (AvgIpc) is 2.36. The van der Waals surface area contributed by atoms with Crippen LogP contribution in [-0.2, 0) is 0 Å². The lowest BCUT2D eigenvalue weighted by molar-refractivity contribution is 0.168. The van der Waals surface area contributed by atoms with E-state index in [0.717, 1.165) is 6.54 Å². The fraction of sp³-hybridized carbons (Fsp3) is 0.917. The zero-order valence-electron chi connectivity index (χ0n) is 11.0. The van der Waals surface area contributed by atoms with E-state index in [1.807, 2.05) is 0 Å². The van der Waals surface area contributed by atoms with Gasteiger partial charge < -0.3 is 16.3 Å². The molecule has 100 valence electrons. The van der Waals surface area contributed by atoms with E-state index in [1.54, 1.807) is 0 Å². The second-order valence-corrected chi connectivity index (χ2v) is 5.05. The predicted octanol–water partition coefficient (Wildman–Crippen LogP) is 0.975. The van der Waals surface area contributed by atoms with E-state index in [0.29, 0.717) is 12.5 Å². The summed E-state index contributed by atoms with van der Waals surface area (Å²) in [4.78, 5) is 2.53. The van der Waals surface area contributed by atoms with Gasteiger partial charge in [0.2, 0.25) is 0 Å². The summed E-state index contributed by atoms with van der Waals surface area (Å²) in [6.07, 6.45) is 4.60. The molecule has 4 N–H and O–H groups in total. The molecule has 5 heteroatoms. The van der Waals surface area contributed by atoms with E-state index in [4.69, 9.17) is 10.9 Å². The van der Waals surface area contributed by atoms with Crippen molar-refractivity contribution >= 4 is 5.84 Å². The van der Waals surface area contributed by atoms with Gasteiger partial charge in [0, 0.05) is 25.0 Å². The highest BCUT2D eigenvalue weighted by Crippen LogP contribution is 2.11. The van der Waals surface area contributed by atoms with Gasteiger partial charge in [0.25, 0.3) is 0 Å². The Bertz CT molecular complexity index is 239. The molecule has 1 heterocycles. The number of nitrogens with two attached hydrogens (primary N) is 1. The number of likely N-dealkylation sites (tertiary alicyclic amines) is 1. The zero-order chi connectivity index (χ0) is 12.7. The van der Waals surface area contributed by atoms with E-state index in [1.165, 1.54) is 32.4 Å². The molecule has 0 radical (unpaired) electrons. The molecule has 0 amide bonds. The first-order valence-corrected chi connectivity index (χ1v) is 6.57. The number of rotatable bonds is 6. The summed E-state index contributed by atoms with van der Waals surface area (Å²) in [6.45, 7) is 7.71. The lowest BCUT2D eigenvalue weighted by Gasteiger charge is -2.33. The van der Waals surface area contributed by atoms with Crippen molar-refractivity contribution in [1.82, 2.24) is 10.2 Å². The van der Waals surface area contributed by atoms with Gasteiger partial charge >= 0.3 is 0 Å². The van der Waals surface area contributed by atoms with Crippen LogP contribution in [0.5, 0.6) is 0 Å². The van der Waals surface area contributed by atoms with E-state index in [-0.39, 0.29) is 11.9 Å². The van der Waals surface area contributed by atoms with Crippen LogP contribution in [0.25, 0.3) is 0 Å². The number of oxime groups is 1. The first-order valence-electron chi connectivity index (χ1n) is 6.57. The van der Waals surface area contributed by atoms with Gasteiger partial charge in [-0.1, -0.05) is 11.6 Å². The average molecular weight is 242 g/mol. The third-order valence-electron chi connectivity index (χ3n) is 3.42. The van der Waals surface area contributed by atoms with Crippen LogP contribution in [0.2, 0.25) is 0 Å². The summed E-state index contributed by atoms with van der Waals surface area (Å²) >= 11 is 0. The zero-order valence-corrected chi connectivity index (χ0v) is 11.0. The Balaban J connectivity index is 2.20. The standard InChI is InChI=1S/C12H26N4O/c1-10(8-12(13)15-17)14-9-11(2)16-6-4-3-5-7-16/h10-11,14,17H,3-9H2,1-2H3,(H2,13,15). The van der Waals surface area contributed by atoms with Crippen molar-refractivity contribution in [2.24, 2.45) is 10.9 Å². The Kier molecular flexibility index (Phi) is 6.29. The van der Waals surface area contributed by atoms with Crippen LogP contribution in [0.4, 0.5) is 0 Å². The van der Waals surface area contributed by atoms with E-state index in [2.05, 4.69) is 29.2 Å². The molecule has 1 aliphatic rings. The summed E-state index contributed by atoms with van der Waals surface area (Å²) < 4.78 is 0. The van der Waals surface area contributed by atoms with Crippen molar-refractivity contribution in [2.75, 3.05) is 19.6 Å². The lowest BCUT2D eigenvalue weighted by Crippen LogP contribution is -2.45. The fourth-order valence-electron chi connectivity index (χ4n) is 2.29. The first-order chi connectivity index (χ1) is 8.13. The van der Waals surface area contributed by atoms with Crippen LogP contribution in [0, 0.1) is 0 Å². The quantitative estimate of drug-likeness (QED) is 0.281. The third-order valence-corrected chi connectivity index (χ3v) is 3.42. The van der Waals surface area contributed by atoms with Crippen LogP contribution >= 0.6 is 0 Å². The molecule has 1 aliphatic heterocycles. The van der Waals surface area contributed by atoms with Crippen LogP contribution < -0.4 is 11.1 Å². The maximum absolute atomic E-state index is 8.49. The Morgan fingerprint density at radius 3 is 2.59 bits per heavy atom. The first kappa shape index (κ1) is 14.3. The molecule has 0 aromatic carbocycles. The van der Waals surface area contributed by atoms with Crippen LogP contribution in [0.1, 0.15) is 39.5 Å². The largest absolute Gasteiger partial charge is 0.409 e. The topological polar surface area (TPSA) is 73.9 Å². The number of piperidine rings is 1. The Morgan fingerprint density at radius 1 is 1.35 bits per heavy atom. The summed E-state index contributed by atoms with van der Waals surface area (Å²) in [6, 6.07) is 0.809. The molecule has 0 saturated carbocycles. The monoisotopic (exact) mass is 242 g/mol. The normalized spacial score (nSPS) is 22.4. The van der Waals surface area contributed by atoms with Crippen molar-refractivity contribution in [3.05, 3.63) is 0 Å². The van der Waals surface area contributed by atoms with Crippen LogP contribution in [0.3, 0.4) is 0 Å². The molecule has 0 aromatic heterocycles. The van der Waals surface area contributed by atoms with Gasteiger partial charge in [0.1, 0.15) is 5.84 Å². The van der Waals surface area contributed by atoms with Gasteiger partial charge in [0.05, 0.1) is 0 Å². The Hall–Kier alpha value is -0.810. The van der Waals surface area contributed by atoms with Gasteiger partial charge in [0.15, 0.2) is 0 Å². The summed E-state index contributed by atoms with van der Waals surface area (Å²) in [7, 11) is 0. The van der Waals surface area contributed by atoms with Gasteiger partial charge in [-0.25, -0.2) is 0 Å². The van der Waals surface area contributed by atoms with E-state index < -0.39 is 0 Å². The Morgan fingerprint density at radius 2 is 2.00 bits per heavy atom. The highest BCUT2D eigenvalue weighted by molar-refractivity contribution is 5.80. The fourth-order valence-corrected chi connectivity index (χ4v) is 2.29. The molecule has 1 rings (SSSR count). The molecule has 0 spiro atoms. The Labute approximate surface area is 104 Å². The van der Waals surface area contributed by atoms with Crippen molar-refractivity contribution in [2.45, 2.75) is 51.6 Å². The minimum atomic E-state index is 0.248. The third kappa shape index (κ3) is 5.37. The van der Waals surface area contributed by atoms with Crippen molar-refractivity contribution in [1.29, 1.82) is 0 Å². The molecule has 5 nitrogen and oxygen atoms in total. The van der Waals surface area contributed by atoms with Gasteiger partial charge in [-0.05, 0) is 39.8 Å². The van der Waals surface area contributed by atoms with Gasteiger partial charge in [-0.3, -0.25) is 4.90 Å². The van der Waals surface area contributed by atoms with Crippen molar-refractivity contribution in [3.63, 3.8) is 0 Å². The van der Waals surface area contributed by atoms with Gasteiger partial charge in [-0.2, -0.15) is 0 Å². The van der Waals surface area contributed by atoms with Crippen LogP contribution in [-0.4, -0.2) is 47.7 Å². The van der Waals surface area contributed by atoms with Crippen molar-refractivity contribution < 1.29 is 5.21 Å². The second kappa shape index (κ2) is 7.50. The highest BCUT2D eigenvalue weighted by Gasteiger charge is 2.17. The highest BCUT2D eigenvalue weighted by atomic mass is 16.4. The molecule has 0 aromatic rings. The molecule has 17 heavy (non-hydrogen) atoms. The minimum Gasteiger partial charge on any atom is -0.409 e. The summed E-state index contributed by atoms with van der Waals surface area (Å²) in [5.74, 6) is 0.288. The maximum atomic E-state index is 8.49. The smallest absolute Gasteiger partial charge is 0.140 e. The number of nitrogens with one attached hydrogen (secondary N) is 1. The number of nitrogens with zero attached hydrogens (tertiary/aromatic N) is 2. The summed E-state index contributed by atoms with van der Waals surface area (Å²) in [5.41, 5.74) is 5.47. The van der Waals surface area contributed by atoms with Crippen LogP contribution in [0.15, 0.2) is 5.16 Å². The van der Waals surface area contributed by atoms with E-state index >= 15 is 0 Å². The van der Waals surface area contributed by atoms with Gasteiger partial charge in [-0.15, -0.1) is 0 Å². The predicted molar refractivity (Wildman–Crippen MR) is 70.4 cm³/mol. The molecule has 2 atom stereocenters. The summed E-state index contributed by atoms with van der Waals surface area (Å²) in [5, 5.41) is 14.9. The number of hydrogen-bond acceptors (Lipinski definition) is 4. The molecule has 0 aliphatic carbocycles.